The van der Waals surface area contributed by atoms with Gasteiger partial charge in [-0.25, -0.2) is 0 Å². The predicted molar refractivity (Wildman–Crippen MR) is 89.1 cm³/mol. The molecule has 6 heteroatoms. The molecule has 1 saturated heterocycles. The maximum absolute atomic E-state index is 12.6. The number of hydrogen-bond acceptors (Lipinski definition) is 4. The topological polar surface area (TPSA) is 59.1 Å². The van der Waals surface area contributed by atoms with E-state index in [1.54, 1.807) is 23.1 Å². The Morgan fingerprint density at radius 3 is 2.33 bits per heavy atom. The molecule has 0 bridgehead atoms. The molecule has 0 saturated carbocycles. The zero-order chi connectivity index (χ0) is 17.4. The van der Waals surface area contributed by atoms with Gasteiger partial charge in [0.05, 0.1) is 5.92 Å². The zero-order valence-electron chi connectivity index (χ0n) is 14.6. The Labute approximate surface area is 142 Å². The Morgan fingerprint density at radius 1 is 1.08 bits per heavy atom. The van der Waals surface area contributed by atoms with E-state index in [4.69, 9.17) is 9.47 Å². The van der Waals surface area contributed by atoms with Gasteiger partial charge in [0, 0.05) is 30.7 Å². The summed E-state index contributed by atoms with van der Waals surface area (Å²) < 4.78 is 10.6. The Balaban J connectivity index is 1.62. The van der Waals surface area contributed by atoms with E-state index in [1.165, 1.54) is 0 Å². The van der Waals surface area contributed by atoms with Crippen LogP contribution in [0.3, 0.4) is 0 Å². The van der Waals surface area contributed by atoms with Gasteiger partial charge in [-0.3, -0.25) is 9.59 Å². The number of carbonyl (C=O) groups is 2. The fourth-order valence-corrected chi connectivity index (χ4v) is 3.33. The molecule has 1 aromatic rings. The van der Waals surface area contributed by atoms with Gasteiger partial charge in [0.25, 0.3) is 5.91 Å². The first-order valence-electron chi connectivity index (χ1n) is 8.39. The summed E-state index contributed by atoms with van der Waals surface area (Å²) in [6.07, 6.45) is 0. The lowest BCUT2D eigenvalue weighted by Crippen LogP contribution is -2.58. The summed E-state index contributed by atoms with van der Waals surface area (Å²) in [6.45, 7) is 9.22. The lowest BCUT2D eigenvalue weighted by atomic mass is 9.95. The van der Waals surface area contributed by atoms with E-state index < -0.39 is 0 Å². The van der Waals surface area contributed by atoms with Gasteiger partial charge in [0.1, 0.15) is 0 Å². The molecule has 2 aliphatic rings. The van der Waals surface area contributed by atoms with Crippen molar-refractivity contribution in [2.75, 3.05) is 19.9 Å². The van der Waals surface area contributed by atoms with Crippen LogP contribution in [0.15, 0.2) is 18.2 Å². The highest BCUT2D eigenvalue weighted by Crippen LogP contribution is 2.33. The third-order valence-electron chi connectivity index (χ3n) is 4.50. The van der Waals surface area contributed by atoms with Gasteiger partial charge in [0.2, 0.25) is 12.7 Å². The van der Waals surface area contributed by atoms with Crippen LogP contribution in [0, 0.1) is 5.92 Å². The molecule has 0 aliphatic carbocycles. The number of ether oxygens (including phenoxy) is 2. The van der Waals surface area contributed by atoms with E-state index in [9.17, 15) is 9.59 Å². The second-order valence-electron chi connectivity index (χ2n) is 6.91. The van der Waals surface area contributed by atoms with Crippen LogP contribution in [0.25, 0.3) is 0 Å². The first-order chi connectivity index (χ1) is 11.4. The molecule has 3 rings (SSSR count). The van der Waals surface area contributed by atoms with Crippen LogP contribution in [0.2, 0.25) is 0 Å². The van der Waals surface area contributed by atoms with Gasteiger partial charge >= 0.3 is 0 Å². The number of amides is 2. The predicted octanol–water partition coefficient (Wildman–Crippen LogP) is 2.13. The number of benzene rings is 1. The Bertz CT molecular complexity index is 642. The fraction of sp³-hybridized carbons (Fsp3) is 0.556. The number of rotatable bonds is 4. The van der Waals surface area contributed by atoms with Gasteiger partial charge in [-0.15, -0.1) is 0 Å². The summed E-state index contributed by atoms with van der Waals surface area (Å²) in [6, 6.07) is 5.51. The van der Waals surface area contributed by atoms with Crippen molar-refractivity contribution >= 4 is 11.8 Å². The fourth-order valence-electron chi connectivity index (χ4n) is 3.33. The average Bonchev–Trinajstić information content (AvgIpc) is 2.91. The second kappa shape index (κ2) is 6.34. The molecule has 0 atom stereocenters. The van der Waals surface area contributed by atoms with E-state index in [0.29, 0.717) is 30.2 Å². The van der Waals surface area contributed by atoms with Crippen LogP contribution in [-0.2, 0) is 4.79 Å². The Hall–Kier alpha value is -2.24. The van der Waals surface area contributed by atoms with Crippen molar-refractivity contribution in [2.24, 2.45) is 5.92 Å². The molecule has 0 N–H and O–H groups in total. The number of likely N-dealkylation sites (tertiary alicyclic amines) is 1. The first-order valence-corrected chi connectivity index (χ1v) is 8.39. The summed E-state index contributed by atoms with van der Waals surface area (Å²) in [5.41, 5.74) is 0.565. The van der Waals surface area contributed by atoms with Crippen LogP contribution >= 0.6 is 0 Å². The molecule has 24 heavy (non-hydrogen) atoms. The SMILES string of the molecule is CC(C)N(C(=O)C1CN(C(=O)c2ccc3c(c2)OCO3)C1)C(C)C. The van der Waals surface area contributed by atoms with Crippen molar-refractivity contribution in [3.63, 3.8) is 0 Å². The smallest absolute Gasteiger partial charge is 0.254 e. The van der Waals surface area contributed by atoms with E-state index in [0.717, 1.165) is 0 Å². The van der Waals surface area contributed by atoms with E-state index in [2.05, 4.69) is 0 Å². The van der Waals surface area contributed by atoms with Crippen molar-refractivity contribution in [3.05, 3.63) is 23.8 Å². The highest BCUT2D eigenvalue weighted by atomic mass is 16.7. The van der Waals surface area contributed by atoms with Crippen molar-refractivity contribution < 1.29 is 19.1 Å². The van der Waals surface area contributed by atoms with Gasteiger partial charge in [-0.1, -0.05) is 0 Å². The summed E-state index contributed by atoms with van der Waals surface area (Å²) in [5.74, 6) is 1.22. The van der Waals surface area contributed by atoms with Gasteiger partial charge in [-0.2, -0.15) is 0 Å². The minimum Gasteiger partial charge on any atom is -0.454 e. The molecule has 2 heterocycles. The highest BCUT2D eigenvalue weighted by molar-refractivity contribution is 5.96. The minimum atomic E-state index is -0.104. The molecule has 0 radical (unpaired) electrons. The average molecular weight is 332 g/mol. The lowest BCUT2D eigenvalue weighted by Gasteiger charge is -2.42. The molecule has 1 aromatic carbocycles. The van der Waals surface area contributed by atoms with E-state index in [-0.39, 0.29) is 36.6 Å². The molecular weight excluding hydrogens is 308 g/mol. The van der Waals surface area contributed by atoms with Crippen LogP contribution in [0.5, 0.6) is 11.5 Å². The maximum Gasteiger partial charge on any atom is 0.254 e. The molecule has 0 unspecified atom stereocenters. The van der Waals surface area contributed by atoms with Gasteiger partial charge in [-0.05, 0) is 45.9 Å². The van der Waals surface area contributed by atoms with Gasteiger partial charge in [0.15, 0.2) is 11.5 Å². The van der Waals surface area contributed by atoms with Gasteiger partial charge < -0.3 is 19.3 Å². The number of fused-ring (bicyclic) bond motifs is 1. The third kappa shape index (κ3) is 2.92. The van der Waals surface area contributed by atoms with Crippen LogP contribution in [0.1, 0.15) is 38.1 Å². The summed E-state index contributed by atoms with van der Waals surface area (Å²) in [4.78, 5) is 28.8. The third-order valence-corrected chi connectivity index (χ3v) is 4.50. The summed E-state index contributed by atoms with van der Waals surface area (Å²) in [7, 11) is 0. The summed E-state index contributed by atoms with van der Waals surface area (Å²) >= 11 is 0. The molecule has 2 aliphatic heterocycles. The quantitative estimate of drug-likeness (QED) is 0.847. The molecule has 1 fully saturated rings. The van der Waals surface area contributed by atoms with Crippen molar-refractivity contribution in [1.82, 2.24) is 9.80 Å². The highest BCUT2D eigenvalue weighted by Gasteiger charge is 2.39. The maximum atomic E-state index is 12.6. The van der Waals surface area contributed by atoms with Crippen molar-refractivity contribution in [1.29, 1.82) is 0 Å². The lowest BCUT2D eigenvalue weighted by molar-refractivity contribution is -0.143. The second-order valence-corrected chi connectivity index (χ2v) is 6.91. The molecule has 0 spiro atoms. The molecule has 0 aromatic heterocycles. The zero-order valence-corrected chi connectivity index (χ0v) is 14.6. The molecule has 2 amide bonds. The first kappa shape index (κ1) is 16.6. The van der Waals surface area contributed by atoms with Crippen LogP contribution in [-0.4, -0.2) is 53.6 Å². The molecular formula is C18H24N2O4. The van der Waals surface area contributed by atoms with Crippen LogP contribution < -0.4 is 9.47 Å². The number of carbonyl (C=O) groups excluding carboxylic acids is 2. The van der Waals surface area contributed by atoms with Crippen LogP contribution in [0.4, 0.5) is 0 Å². The monoisotopic (exact) mass is 332 g/mol. The Morgan fingerprint density at radius 2 is 1.71 bits per heavy atom. The van der Waals surface area contributed by atoms with Crippen molar-refractivity contribution in [2.45, 2.75) is 39.8 Å². The standard InChI is InChI=1S/C18H24N2O4/c1-11(2)20(12(3)4)18(22)14-8-19(9-14)17(21)13-5-6-15-16(7-13)24-10-23-15/h5-7,11-12,14H,8-10H2,1-4H3. The Kier molecular flexibility index (Phi) is 4.39. The minimum absolute atomic E-state index is 0.0713. The molecule has 6 nitrogen and oxygen atoms in total. The van der Waals surface area contributed by atoms with Crippen molar-refractivity contribution in [3.8, 4) is 11.5 Å². The molecule has 130 valence electrons. The number of hydrogen-bond donors (Lipinski definition) is 0. The van der Waals surface area contributed by atoms with E-state index >= 15 is 0 Å². The summed E-state index contributed by atoms with van der Waals surface area (Å²) in [5, 5.41) is 0. The largest absolute Gasteiger partial charge is 0.454 e. The van der Waals surface area contributed by atoms with E-state index in [1.807, 2.05) is 32.6 Å². The number of nitrogens with zero attached hydrogens (tertiary/aromatic N) is 2. The normalized spacial score (nSPS) is 16.5.